The van der Waals surface area contributed by atoms with Crippen molar-refractivity contribution in [2.24, 2.45) is 0 Å². The smallest absolute Gasteiger partial charge is 0.322 e. The molecule has 0 aromatic heterocycles. The van der Waals surface area contributed by atoms with E-state index in [1.54, 1.807) is 35.2 Å². The molecule has 0 bridgehead atoms. The largest absolute Gasteiger partial charge is 0.337 e. The van der Waals surface area contributed by atoms with Gasteiger partial charge in [0.25, 0.3) is 5.91 Å². The second-order valence-electron chi connectivity index (χ2n) is 8.45. The number of nitrogens with one attached hydrogen (secondary N) is 2. The van der Waals surface area contributed by atoms with Gasteiger partial charge >= 0.3 is 6.03 Å². The molecule has 2 aliphatic heterocycles. The lowest BCUT2D eigenvalue weighted by molar-refractivity contribution is 0.0763. The Bertz CT molecular complexity index is 1040. The number of piperazine rings is 1. The second-order valence-corrected chi connectivity index (χ2v) is 8.45. The molecule has 2 N–H and O–H groups in total. The molecule has 1 atom stereocenters. The van der Waals surface area contributed by atoms with Crippen molar-refractivity contribution in [3.8, 4) is 6.07 Å². The third-order valence-corrected chi connectivity index (χ3v) is 6.17. The fourth-order valence-corrected chi connectivity index (χ4v) is 4.09. The number of urea groups is 1. The van der Waals surface area contributed by atoms with Crippen LogP contribution in [0.25, 0.3) is 0 Å². The minimum Gasteiger partial charge on any atom is -0.337 e. The van der Waals surface area contributed by atoms with E-state index in [4.69, 9.17) is 5.26 Å². The summed E-state index contributed by atoms with van der Waals surface area (Å²) in [7, 11) is 2.11. The van der Waals surface area contributed by atoms with Crippen molar-refractivity contribution in [1.29, 1.82) is 5.26 Å². The summed E-state index contributed by atoms with van der Waals surface area (Å²) in [6, 6.07) is 14.4. The zero-order chi connectivity index (χ0) is 22.7. The summed E-state index contributed by atoms with van der Waals surface area (Å²) >= 11 is 0. The van der Waals surface area contributed by atoms with Crippen molar-refractivity contribution in [2.75, 3.05) is 38.5 Å². The number of benzene rings is 2. The van der Waals surface area contributed by atoms with Crippen molar-refractivity contribution in [3.63, 3.8) is 0 Å². The summed E-state index contributed by atoms with van der Waals surface area (Å²) in [6.45, 7) is 6.85. The number of nitrogens with zero attached hydrogens (tertiary/aromatic N) is 4. The average Bonchev–Trinajstić information content (AvgIpc) is 3.23. The highest BCUT2D eigenvalue weighted by Gasteiger charge is 2.24. The summed E-state index contributed by atoms with van der Waals surface area (Å²) in [5.41, 5.74) is 3.84. The number of nitriles is 1. The van der Waals surface area contributed by atoms with Gasteiger partial charge in [-0.2, -0.15) is 5.26 Å². The van der Waals surface area contributed by atoms with Crippen LogP contribution in [0.3, 0.4) is 0 Å². The Hall–Kier alpha value is -3.41. The third-order valence-electron chi connectivity index (χ3n) is 6.17. The number of likely N-dealkylation sites (N-methyl/N-ethyl adjacent to an activating group) is 1. The van der Waals surface area contributed by atoms with E-state index in [9.17, 15) is 9.59 Å². The minimum absolute atomic E-state index is 0.0334. The molecular formula is C24H28N6O2. The third kappa shape index (κ3) is 4.90. The van der Waals surface area contributed by atoms with E-state index < -0.39 is 0 Å². The van der Waals surface area contributed by atoms with Gasteiger partial charge in [-0.25, -0.2) is 4.79 Å². The van der Waals surface area contributed by atoms with Crippen LogP contribution in [0.1, 0.15) is 34.0 Å². The number of fused-ring (bicyclic) bond motifs is 1. The van der Waals surface area contributed by atoms with Gasteiger partial charge in [0.05, 0.1) is 17.8 Å². The van der Waals surface area contributed by atoms with Gasteiger partial charge in [0.1, 0.15) is 0 Å². The van der Waals surface area contributed by atoms with E-state index in [1.807, 2.05) is 19.1 Å². The average molecular weight is 433 g/mol. The molecule has 4 rings (SSSR count). The summed E-state index contributed by atoms with van der Waals surface area (Å²) in [4.78, 5) is 31.5. The van der Waals surface area contributed by atoms with Crippen molar-refractivity contribution >= 4 is 17.6 Å². The molecule has 8 nitrogen and oxygen atoms in total. The van der Waals surface area contributed by atoms with E-state index in [0.717, 1.165) is 37.3 Å². The van der Waals surface area contributed by atoms with E-state index in [0.29, 0.717) is 29.9 Å². The Morgan fingerprint density at radius 2 is 1.69 bits per heavy atom. The standard InChI is InChI=1S/C24H28N6O2/c1-17(29-11-9-28(2)10-12-29)26-23(31)19-5-7-22(8-6-19)27-24(32)30-15-20-4-3-18(14-25)13-21(20)16-30/h3-8,13,17H,9-12,15-16H2,1-2H3,(H,26,31)(H,27,32). The first kappa shape index (κ1) is 21.8. The van der Waals surface area contributed by atoms with Crippen molar-refractivity contribution in [3.05, 3.63) is 64.7 Å². The molecule has 2 aromatic rings. The Labute approximate surface area is 188 Å². The number of carbonyl (C=O) groups excluding carboxylic acids is 2. The lowest BCUT2D eigenvalue weighted by Gasteiger charge is -2.36. The van der Waals surface area contributed by atoms with E-state index in [2.05, 4.69) is 33.6 Å². The van der Waals surface area contributed by atoms with Crippen LogP contribution in [-0.4, -0.2) is 66.0 Å². The van der Waals surface area contributed by atoms with Crippen LogP contribution in [0, 0.1) is 11.3 Å². The van der Waals surface area contributed by atoms with Crippen LogP contribution in [-0.2, 0) is 13.1 Å². The molecule has 0 radical (unpaired) electrons. The highest BCUT2D eigenvalue weighted by Crippen LogP contribution is 2.24. The van der Waals surface area contributed by atoms with Gasteiger partial charge in [-0.05, 0) is 61.5 Å². The number of anilines is 1. The maximum atomic E-state index is 12.7. The summed E-state index contributed by atoms with van der Waals surface area (Å²) in [5.74, 6) is -0.127. The number of hydrogen-bond donors (Lipinski definition) is 2. The zero-order valence-electron chi connectivity index (χ0n) is 18.5. The van der Waals surface area contributed by atoms with Gasteiger partial charge in [0.15, 0.2) is 0 Å². The van der Waals surface area contributed by atoms with Crippen molar-refractivity contribution in [1.82, 2.24) is 20.0 Å². The fraction of sp³-hybridized carbons (Fsp3) is 0.375. The first-order chi connectivity index (χ1) is 15.4. The molecule has 8 heteroatoms. The van der Waals surface area contributed by atoms with Gasteiger partial charge in [-0.3, -0.25) is 9.69 Å². The van der Waals surface area contributed by atoms with E-state index in [-0.39, 0.29) is 18.1 Å². The summed E-state index contributed by atoms with van der Waals surface area (Å²) in [5, 5.41) is 15.0. The van der Waals surface area contributed by atoms with Crippen LogP contribution in [0.5, 0.6) is 0 Å². The Morgan fingerprint density at radius 3 is 2.38 bits per heavy atom. The van der Waals surface area contributed by atoms with Crippen molar-refractivity contribution in [2.45, 2.75) is 26.2 Å². The van der Waals surface area contributed by atoms with Crippen LogP contribution >= 0.6 is 0 Å². The normalized spacial score (nSPS) is 17.3. The quantitative estimate of drug-likeness (QED) is 0.774. The molecular weight excluding hydrogens is 404 g/mol. The summed E-state index contributed by atoms with van der Waals surface area (Å²) in [6.07, 6.45) is -0.0334. The minimum atomic E-state index is -0.208. The molecule has 2 heterocycles. The van der Waals surface area contributed by atoms with Gasteiger partial charge < -0.3 is 20.4 Å². The molecule has 2 aromatic carbocycles. The van der Waals surface area contributed by atoms with Crippen molar-refractivity contribution < 1.29 is 9.59 Å². The Kier molecular flexibility index (Phi) is 6.40. The monoisotopic (exact) mass is 432 g/mol. The van der Waals surface area contributed by atoms with Crippen LogP contribution in [0.2, 0.25) is 0 Å². The maximum Gasteiger partial charge on any atom is 0.322 e. The van der Waals surface area contributed by atoms with Gasteiger partial charge in [-0.1, -0.05) is 6.07 Å². The van der Waals surface area contributed by atoms with Crippen LogP contribution in [0.4, 0.5) is 10.5 Å². The second kappa shape index (κ2) is 9.39. The number of carbonyl (C=O) groups is 2. The van der Waals surface area contributed by atoms with Gasteiger partial charge in [0.2, 0.25) is 0 Å². The molecule has 0 spiro atoms. The molecule has 1 fully saturated rings. The van der Waals surface area contributed by atoms with Crippen LogP contribution in [0.15, 0.2) is 42.5 Å². The molecule has 2 aliphatic rings. The number of amides is 3. The number of rotatable bonds is 4. The first-order valence-corrected chi connectivity index (χ1v) is 10.8. The highest BCUT2D eigenvalue weighted by molar-refractivity contribution is 5.95. The SMILES string of the molecule is CC(NC(=O)c1ccc(NC(=O)N2Cc3ccc(C#N)cc3C2)cc1)N1CCN(C)CC1. The van der Waals surface area contributed by atoms with Gasteiger partial charge in [-0.15, -0.1) is 0 Å². The topological polar surface area (TPSA) is 91.7 Å². The lowest BCUT2D eigenvalue weighted by Crippen LogP contribution is -2.53. The molecule has 3 amide bonds. The fourth-order valence-electron chi connectivity index (χ4n) is 4.09. The van der Waals surface area contributed by atoms with Crippen LogP contribution < -0.4 is 10.6 Å². The predicted octanol–water partition coefficient (Wildman–Crippen LogP) is 2.43. The highest BCUT2D eigenvalue weighted by atomic mass is 16.2. The lowest BCUT2D eigenvalue weighted by atomic mass is 10.1. The summed E-state index contributed by atoms with van der Waals surface area (Å²) < 4.78 is 0. The molecule has 166 valence electrons. The molecule has 32 heavy (non-hydrogen) atoms. The maximum absolute atomic E-state index is 12.7. The van der Waals surface area contributed by atoms with Gasteiger partial charge in [0, 0.05) is 50.5 Å². The molecule has 1 saturated heterocycles. The van der Waals surface area contributed by atoms with E-state index in [1.165, 1.54) is 0 Å². The predicted molar refractivity (Wildman–Crippen MR) is 122 cm³/mol. The Morgan fingerprint density at radius 1 is 1.00 bits per heavy atom. The first-order valence-electron chi connectivity index (χ1n) is 10.8. The van der Waals surface area contributed by atoms with E-state index >= 15 is 0 Å². The number of hydrogen-bond acceptors (Lipinski definition) is 5. The zero-order valence-corrected chi connectivity index (χ0v) is 18.5. The molecule has 0 aliphatic carbocycles. The Balaban J connectivity index is 1.30. The molecule has 1 unspecified atom stereocenters. The molecule has 0 saturated carbocycles.